The molecule has 0 saturated heterocycles. The second-order valence-electron chi connectivity index (χ2n) is 0.945. The molecule has 0 aromatic carbocycles. The van der Waals surface area contributed by atoms with Crippen LogP contribution in [0.15, 0.2) is 10.6 Å². The highest BCUT2D eigenvalue weighted by Gasteiger charge is 1.71. The Bertz CT molecular complexity index is 52.6. The maximum Gasteiger partial charge on any atom is 0.0222 e. The van der Waals surface area contributed by atoms with Crippen molar-refractivity contribution in [1.29, 1.82) is 0 Å². The van der Waals surface area contributed by atoms with Crippen molar-refractivity contribution < 1.29 is 0 Å². The van der Waals surface area contributed by atoms with Gasteiger partial charge in [0.25, 0.3) is 0 Å². The summed E-state index contributed by atoms with van der Waals surface area (Å²) >= 11 is 6.51. The van der Waals surface area contributed by atoms with E-state index >= 15 is 0 Å². The van der Waals surface area contributed by atoms with Gasteiger partial charge in [0.2, 0.25) is 0 Å². The van der Waals surface area contributed by atoms with E-state index in [4.69, 9.17) is 0 Å². The zero-order valence-corrected chi connectivity index (χ0v) is 6.71. The summed E-state index contributed by atoms with van der Waals surface area (Å²) in [6.45, 7) is 2.00. The first-order chi connectivity index (χ1) is 2.77. The fourth-order valence-electron chi connectivity index (χ4n) is 0.106. The molecule has 0 heterocycles. The third-order valence-electron chi connectivity index (χ3n) is 0.358. The van der Waals surface area contributed by atoms with E-state index in [9.17, 15) is 0 Å². The van der Waals surface area contributed by atoms with Crippen LogP contribution in [0.3, 0.4) is 0 Å². The molecule has 0 rings (SSSR count). The molecule has 0 fully saturated rings. The molecule has 0 spiro atoms. The van der Waals surface area contributed by atoms with Crippen molar-refractivity contribution in [3.05, 3.63) is 10.6 Å². The fourth-order valence-corrected chi connectivity index (χ4v) is 1.19. The second-order valence-corrected chi connectivity index (χ2v) is 2.84. The molecule has 0 unspecified atom stereocenters. The van der Waals surface area contributed by atoms with Crippen LogP contribution in [-0.4, -0.2) is 5.33 Å². The van der Waals surface area contributed by atoms with E-state index in [0.29, 0.717) is 0 Å². The predicted molar refractivity (Wildman–Crippen MR) is 36.5 cm³/mol. The Hall–Kier alpha value is 0.700. The number of alkyl halides is 1. The van der Waals surface area contributed by atoms with E-state index < -0.39 is 0 Å². The Labute approximate surface area is 54.9 Å². The first-order valence-corrected chi connectivity index (χ1v) is 3.57. The lowest BCUT2D eigenvalue weighted by Crippen LogP contribution is -1.57. The van der Waals surface area contributed by atoms with Crippen LogP contribution in [0.25, 0.3) is 0 Å². The van der Waals surface area contributed by atoms with Gasteiger partial charge in [0.1, 0.15) is 0 Å². The van der Waals surface area contributed by atoms with Crippen molar-refractivity contribution in [3.8, 4) is 0 Å². The minimum atomic E-state index is 0.935. The minimum Gasteiger partial charge on any atom is -0.0883 e. The van der Waals surface area contributed by atoms with Gasteiger partial charge in [-0.15, -0.1) is 0 Å². The minimum absolute atomic E-state index is 0.935. The number of hydrogen-bond donors (Lipinski definition) is 0. The van der Waals surface area contributed by atoms with Crippen LogP contribution in [0, 0.1) is 0 Å². The van der Waals surface area contributed by atoms with Crippen LogP contribution in [0.4, 0.5) is 0 Å². The summed E-state index contributed by atoms with van der Waals surface area (Å²) in [6, 6.07) is 0. The van der Waals surface area contributed by atoms with Gasteiger partial charge in [-0.25, -0.2) is 0 Å². The summed E-state index contributed by atoms with van der Waals surface area (Å²) in [5, 5.41) is 0.935. The van der Waals surface area contributed by atoms with E-state index in [1.54, 1.807) is 0 Å². The topological polar surface area (TPSA) is 0 Å². The molecule has 0 amide bonds. The van der Waals surface area contributed by atoms with E-state index in [1.807, 2.05) is 13.0 Å². The van der Waals surface area contributed by atoms with Gasteiger partial charge in [-0.1, -0.05) is 37.9 Å². The van der Waals surface area contributed by atoms with Crippen molar-refractivity contribution in [2.24, 2.45) is 0 Å². The molecule has 0 saturated carbocycles. The molecular formula is C4H6Br2. The van der Waals surface area contributed by atoms with E-state index in [2.05, 4.69) is 31.9 Å². The molecule has 0 aliphatic rings. The lowest BCUT2D eigenvalue weighted by Gasteiger charge is -1.76. The number of allylic oxidation sites excluding steroid dienone is 2. The molecule has 0 N–H and O–H groups in total. The van der Waals surface area contributed by atoms with Gasteiger partial charge in [-0.2, -0.15) is 0 Å². The maximum absolute atomic E-state index is 3.27. The first-order valence-electron chi connectivity index (χ1n) is 1.65. The highest BCUT2D eigenvalue weighted by molar-refractivity contribution is 9.11. The molecule has 0 bridgehead atoms. The normalized spacial score (nSPS) is 12.2. The molecule has 6 heavy (non-hydrogen) atoms. The lowest BCUT2D eigenvalue weighted by atomic mass is 10.6. The molecular weight excluding hydrogens is 208 g/mol. The molecule has 0 radical (unpaired) electrons. The Balaban J connectivity index is 3.14. The first kappa shape index (κ1) is 6.70. The smallest absolute Gasteiger partial charge is 0.0222 e. The summed E-state index contributed by atoms with van der Waals surface area (Å²) in [6.07, 6.45) is 2.04. The molecule has 0 aliphatic heterocycles. The fraction of sp³-hybridized carbons (Fsp3) is 0.500. The van der Waals surface area contributed by atoms with Crippen LogP contribution in [0.5, 0.6) is 0 Å². The van der Waals surface area contributed by atoms with Crippen LogP contribution in [0.2, 0.25) is 0 Å². The zero-order chi connectivity index (χ0) is 4.99. The molecule has 36 valence electrons. The second kappa shape index (κ2) is 3.88. The van der Waals surface area contributed by atoms with Gasteiger partial charge in [0.15, 0.2) is 0 Å². The molecule has 0 aromatic heterocycles. The number of rotatable bonds is 1. The number of hydrogen-bond acceptors (Lipinski definition) is 0. The quantitative estimate of drug-likeness (QED) is 0.588. The van der Waals surface area contributed by atoms with Gasteiger partial charge >= 0.3 is 0 Å². The summed E-state index contributed by atoms with van der Waals surface area (Å²) < 4.78 is 1.18. The SMILES string of the molecule is C/C(Br)=C\CBr. The average Bonchev–Trinajstić information content (AvgIpc) is 1.35. The standard InChI is InChI=1S/C4H6Br2/c1-4(6)2-3-5/h2H,3H2,1H3/b4-2+. The molecule has 0 nitrogen and oxygen atoms in total. The average molecular weight is 214 g/mol. The monoisotopic (exact) mass is 212 g/mol. The van der Waals surface area contributed by atoms with Crippen LogP contribution in [-0.2, 0) is 0 Å². The van der Waals surface area contributed by atoms with Gasteiger partial charge in [0, 0.05) is 5.33 Å². The van der Waals surface area contributed by atoms with Gasteiger partial charge < -0.3 is 0 Å². The highest BCUT2D eigenvalue weighted by Crippen LogP contribution is 2.01. The van der Waals surface area contributed by atoms with Crippen molar-refractivity contribution in [1.82, 2.24) is 0 Å². The van der Waals surface area contributed by atoms with E-state index in [1.165, 1.54) is 4.48 Å². The Morgan fingerprint density at radius 2 is 2.33 bits per heavy atom. The Morgan fingerprint density at radius 3 is 2.33 bits per heavy atom. The number of halogens is 2. The maximum atomic E-state index is 3.27. The molecule has 0 aliphatic carbocycles. The van der Waals surface area contributed by atoms with Crippen LogP contribution >= 0.6 is 31.9 Å². The predicted octanol–water partition coefficient (Wildman–Crippen LogP) is 2.68. The summed E-state index contributed by atoms with van der Waals surface area (Å²) in [4.78, 5) is 0. The molecule has 0 atom stereocenters. The van der Waals surface area contributed by atoms with Gasteiger partial charge in [0.05, 0.1) is 0 Å². The highest BCUT2D eigenvalue weighted by atomic mass is 79.9. The Kier molecular flexibility index (Phi) is 4.33. The summed E-state index contributed by atoms with van der Waals surface area (Å²) in [5.74, 6) is 0. The third kappa shape index (κ3) is 4.70. The third-order valence-corrected chi connectivity index (χ3v) is 1.01. The zero-order valence-electron chi connectivity index (χ0n) is 3.54. The summed E-state index contributed by atoms with van der Waals surface area (Å²) in [5.41, 5.74) is 0. The van der Waals surface area contributed by atoms with Crippen molar-refractivity contribution in [2.45, 2.75) is 6.92 Å². The largest absolute Gasteiger partial charge is 0.0883 e. The van der Waals surface area contributed by atoms with Gasteiger partial charge in [-0.05, 0) is 11.4 Å². The molecule has 2 heteroatoms. The Morgan fingerprint density at radius 1 is 1.83 bits per heavy atom. The summed E-state index contributed by atoms with van der Waals surface area (Å²) in [7, 11) is 0. The van der Waals surface area contributed by atoms with E-state index in [0.717, 1.165) is 5.33 Å². The van der Waals surface area contributed by atoms with Crippen molar-refractivity contribution in [2.75, 3.05) is 5.33 Å². The van der Waals surface area contributed by atoms with Crippen LogP contribution < -0.4 is 0 Å². The molecule has 0 aromatic rings. The lowest BCUT2D eigenvalue weighted by molar-refractivity contribution is 1.64. The van der Waals surface area contributed by atoms with Crippen molar-refractivity contribution in [3.63, 3.8) is 0 Å². The van der Waals surface area contributed by atoms with E-state index in [-0.39, 0.29) is 0 Å². The van der Waals surface area contributed by atoms with Crippen LogP contribution in [0.1, 0.15) is 6.92 Å². The van der Waals surface area contributed by atoms with Crippen molar-refractivity contribution >= 4 is 31.9 Å². The van der Waals surface area contributed by atoms with Gasteiger partial charge in [-0.3, -0.25) is 0 Å².